The second-order valence-corrected chi connectivity index (χ2v) is 21.1. The van der Waals surface area contributed by atoms with Gasteiger partial charge in [-0.15, -0.1) is 0 Å². The molecule has 1 unspecified atom stereocenters. The maximum absolute atomic E-state index is 12.3. The summed E-state index contributed by atoms with van der Waals surface area (Å²) < 4.78 is 10.7. The minimum Gasteiger partial charge on any atom is -0.462 e. The Morgan fingerprint density at radius 1 is 0.316 bits per heavy atom. The molecule has 0 aliphatic heterocycles. The summed E-state index contributed by atoms with van der Waals surface area (Å²) >= 11 is 0. The maximum atomic E-state index is 12.3. The van der Waals surface area contributed by atoms with Crippen LogP contribution in [0.25, 0.3) is 0 Å². The molecule has 5 heteroatoms. The molecule has 0 saturated carbocycles. The normalized spacial score (nSPS) is 13.0. The van der Waals surface area contributed by atoms with Crippen molar-refractivity contribution in [2.45, 2.75) is 302 Å². The van der Waals surface area contributed by atoms with Crippen LogP contribution in [0.3, 0.4) is 0 Å². The van der Waals surface area contributed by atoms with Crippen molar-refractivity contribution in [3.05, 3.63) is 122 Å². The molecule has 0 radical (unpaired) electrons. The Morgan fingerprint density at radius 3 is 0.855 bits per heavy atom. The molecular formula is C71H120O5. The van der Waals surface area contributed by atoms with Crippen molar-refractivity contribution < 1.29 is 24.2 Å². The van der Waals surface area contributed by atoms with Crippen LogP contribution in [-0.2, 0) is 19.1 Å². The Labute approximate surface area is 471 Å². The van der Waals surface area contributed by atoms with Gasteiger partial charge in [-0.2, -0.15) is 0 Å². The van der Waals surface area contributed by atoms with E-state index in [0.29, 0.717) is 12.8 Å². The number of allylic oxidation sites excluding steroid dienone is 20. The number of aliphatic hydroxyl groups is 1. The van der Waals surface area contributed by atoms with Gasteiger partial charge in [0.25, 0.3) is 0 Å². The van der Waals surface area contributed by atoms with E-state index in [2.05, 4.69) is 135 Å². The van der Waals surface area contributed by atoms with E-state index in [4.69, 9.17) is 9.47 Å². The predicted molar refractivity (Wildman–Crippen MR) is 334 cm³/mol. The van der Waals surface area contributed by atoms with Crippen molar-refractivity contribution >= 4 is 11.9 Å². The summed E-state index contributed by atoms with van der Waals surface area (Å²) in [5.74, 6) is -0.590. The largest absolute Gasteiger partial charge is 0.462 e. The number of rotatable bonds is 58. The van der Waals surface area contributed by atoms with E-state index in [0.717, 1.165) is 96.3 Å². The first-order chi connectivity index (χ1) is 37.6. The Kier molecular flexibility index (Phi) is 62.4. The molecule has 0 heterocycles. The summed E-state index contributed by atoms with van der Waals surface area (Å²) in [5.41, 5.74) is 0. The molecule has 5 nitrogen and oxygen atoms in total. The molecule has 0 spiro atoms. The van der Waals surface area contributed by atoms with Gasteiger partial charge in [0.05, 0.1) is 6.61 Å². The highest BCUT2D eigenvalue weighted by molar-refractivity contribution is 5.70. The number of carbonyl (C=O) groups is 2. The number of esters is 2. The van der Waals surface area contributed by atoms with E-state index >= 15 is 0 Å². The Hall–Kier alpha value is -3.70. The highest BCUT2D eigenvalue weighted by Gasteiger charge is 2.16. The second kappa shape index (κ2) is 65.6. The number of carbonyl (C=O) groups excluding carboxylic acids is 2. The lowest BCUT2D eigenvalue weighted by atomic mass is 10.0. The summed E-state index contributed by atoms with van der Waals surface area (Å²) in [7, 11) is 0. The highest BCUT2D eigenvalue weighted by Crippen LogP contribution is 2.16. The Morgan fingerprint density at radius 2 is 0.566 bits per heavy atom. The zero-order valence-electron chi connectivity index (χ0n) is 49.7. The quantitative estimate of drug-likeness (QED) is 0.0373. The van der Waals surface area contributed by atoms with Gasteiger partial charge in [-0.25, -0.2) is 0 Å². The zero-order valence-corrected chi connectivity index (χ0v) is 49.7. The molecule has 0 aliphatic carbocycles. The average Bonchev–Trinajstić information content (AvgIpc) is 3.42. The first kappa shape index (κ1) is 72.3. The van der Waals surface area contributed by atoms with Gasteiger partial charge in [0.2, 0.25) is 0 Å². The molecule has 0 aromatic heterocycles. The zero-order chi connectivity index (χ0) is 54.8. The van der Waals surface area contributed by atoms with E-state index in [1.54, 1.807) is 0 Å². The molecule has 0 aromatic carbocycles. The van der Waals surface area contributed by atoms with Crippen LogP contribution in [0.15, 0.2) is 122 Å². The van der Waals surface area contributed by atoms with Crippen molar-refractivity contribution in [2.24, 2.45) is 0 Å². The average molecular weight is 1050 g/mol. The van der Waals surface area contributed by atoms with Crippen LogP contribution < -0.4 is 0 Å². The smallest absolute Gasteiger partial charge is 0.306 e. The van der Waals surface area contributed by atoms with Gasteiger partial charge >= 0.3 is 11.9 Å². The van der Waals surface area contributed by atoms with E-state index < -0.39 is 6.10 Å². The highest BCUT2D eigenvalue weighted by atomic mass is 16.6. The Bertz CT molecular complexity index is 1520. The molecule has 1 N–H and O–H groups in total. The van der Waals surface area contributed by atoms with Crippen LogP contribution in [0.4, 0.5) is 0 Å². The lowest BCUT2D eigenvalue weighted by Gasteiger charge is -2.15. The fourth-order valence-corrected chi connectivity index (χ4v) is 8.96. The van der Waals surface area contributed by atoms with Crippen LogP contribution in [0.5, 0.6) is 0 Å². The third-order valence-electron chi connectivity index (χ3n) is 13.7. The number of unbranched alkanes of at least 4 members (excludes halogenated alkanes) is 30. The van der Waals surface area contributed by atoms with Crippen molar-refractivity contribution in [3.63, 3.8) is 0 Å². The molecule has 76 heavy (non-hydrogen) atoms. The van der Waals surface area contributed by atoms with Gasteiger partial charge < -0.3 is 14.6 Å². The van der Waals surface area contributed by atoms with Crippen molar-refractivity contribution in [1.82, 2.24) is 0 Å². The molecule has 0 rings (SSSR count). The molecule has 0 bridgehead atoms. The minimum atomic E-state index is -0.780. The van der Waals surface area contributed by atoms with Crippen LogP contribution >= 0.6 is 0 Å². The molecule has 0 saturated heterocycles. The summed E-state index contributed by atoms with van der Waals surface area (Å²) in [6.45, 7) is 4.03. The molecule has 0 aliphatic rings. The second-order valence-electron chi connectivity index (χ2n) is 21.1. The third kappa shape index (κ3) is 62.8. The van der Waals surface area contributed by atoms with Crippen LogP contribution in [0, 0.1) is 0 Å². The van der Waals surface area contributed by atoms with Gasteiger partial charge in [-0.1, -0.05) is 296 Å². The Balaban J connectivity index is 3.50. The number of hydrogen-bond donors (Lipinski definition) is 1. The van der Waals surface area contributed by atoms with Crippen LogP contribution in [0.1, 0.15) is 296 Å². The molecule has 0 fully saturated rings. The molecule has 0 amide bonds. The maximum Gasteiger partial charge on any atom is 0.306 e. The summed E-state index contributed by atoms with van der Waals surface area (Å²) in [6.07, 6.45) is 96.3. The van der Waals surface area contributed by atoms with E-state index in [-0.39, 0.29) is 25.2 Å². The number of aliphatic hydroxyl groups excluding tert-OH is 1. The SMILES string of the molecule is CC/C=C\C/C=C\C/C=C\C/C=C\C/C=C\C/C=C\C/C=C\C/C=C\CCCCCCCCCCCCCCCCCCC(=O)OC(CO)COC(=O)CCCCCCCCCCC/C=C\C/C=C\CCCCCCC. The third-order valence-corrected chi connectivity index (χ3v) is 13.7. The van der Waals surface area contributed by atoms with E-state index in [9.17, 15) is 14.7 Å². The van der Waals surface area contributed by atoms with Crippen molar-refractivity contribution in [2.75, 3.05) is 13.2 Å². The molecular weight excluding hydrogens is 933 g/mol. The number of hydrogen-bond acceptors (Lipinski definition) is 5. The minimum absolute atomic E-state index is 0.0705. The monoisotopic (exact) mass is 1050 g/mol. The standard InChI is InChI=1S/C71H120O5/c1-3-5-7-9-11-13-15-17-19-21-23-25-26-27-28-29-30-31-32-33-34-35-36-37-38-39-40-41-42-43-44-46-48-50-52-54-56-58-60-62-64-66-71(74)76-69(67-72)68-75-70(73)65-63-61-59-57-55-53-51-49-47-45-24-22-20-18-16-14-12-10-8-6-4-2/h5,7,11,13,16-19,22-25,27-28,30-31,33-34,36-37,69,72H,3-4,6,8-10,12,14-15,20-21,26,29,32,35,38-68H2,1-2H3/b7-5-,13-11-,18-16-,19-17-,24-22-,25-23-,28-27-,31-30-,34-33-,37-36-. The summed E-state index contributed by atoms with van der Waals surface area (Å²) in [6, 6.07) is 0. The summed E-state index contributed by atoms with van der Waals surface area (Å²) in [5, 5.41) is 9.67. The fraction of sp³-hybridized carbons (Fsp3) is 0.690. The lowest BCUT2D eigenvalue weighted by molar-refractivity contribution is -0.161. The van der Waals surface area contributed by atoms with Gasteiger partial charge in [0.15, 0.2) is 6.10 Å². The van der Waals surface area contributed by atoms with Gasteiger partial charge in [0.1, 0.15) is 6.61 Å². The first-order valence-electron chi connectivity index (χ1n) is 32.1. The van der Waals surface area contributed by atoms with Crippen molar-refractivity contribution in [1.29, 1.82) is 0 Å². The molecule has 0 aromatic rings. The molecule has 1 atom stereocenters. The number of ether oxygens (including phenoxy) is 2. The van der Waals surface area contributed by atoms with Gasteiger partial charge in [-0.3, -0.25) is 9.59 Å². The lowest BCUT2D eigenvalue weighted by Crippen LogP contribution is -2.28. The summed E-state index contributed by atoms with van der Waals surface area (Å²) in [4.78, 5) is 24.6. The van der Waals surface area contributed by atoms with E-state index in [1.807, 2.05) is 0 Å². The first-order valence-corrected chi connectivity index (χ1v) is 32.1. The van der Waals surface area contributed by atoms with Gasteiger partial charge in [0, 0.05) is 12.8 Å². The van der Waals surface area contributed by atoms with E-state index in [1.165, 1.54) is 173 Å². The van der Waals surface area contributed by atoms with Crippen molar-refractivity contribution in [3.8, 4) is 0 Å². The van der Waals surface area contributed by atoms with Crippen LogP contribution in [-0.4, -0.2) is 36.4 Å². The molecule has 434 valence electrons. The van der Waals surface area contributed by atoms with Crippen LogP contribution in [0.2, 0.25) is 0 Å². The predicted octanol–water partition coefficient (Wildman–Crippen LogP) is 22.2. The fourth-order valence-electron chi connectivity index (χ4n) is 8.96. The topological polar surface area (TPSA) is 72.8 Å². The van der Waals surface area contributed by atoms with Gasteiger partial charge in [-0.05, 0) is 109 Å².